The lowest BCUT2D eigenvalue weighted by Gasteiger charge is -2.25. The van der Waals surface area contributed by atoms with Gasteiger partial charge in [0.1, 0.15) is 0 Å². The Morgan fingerprint density at radius 2 is 1.73 bits per heavy atom. The number of carbonyl (C=O) groups excluding carboxylic acids is 2. The SMILES string of the molecule is C=CC1=C(C)C(=O)NC1(O)Cc1[nH]c(Cc2[nH]c3c(c2C)C(=O)CC3=C2NC(CC(=O)O)C(C)C2CC(=O)O)c(CC)c1CO. The van der Waals surface area contributed by atoms with E-state index in [0.717, 1.165) is 22.5 Å². The summed E-state index contributed by atoms with van der Waals surface area (Å²) < 4.78 is 0. The van der Waals surface area contributed by atoms with E-state index in [1.807, 2.05) is 20.8 Å². The standard InChI is InChI=1S/C33H40N4O8/c1-6-17-20(13-38)25(12-33(45)21(7-2)15(4)32(44)37-33)34-24(17)10-22-16(5)29-26(39)8-19(31(29)36-22)30-18(9-27(40)41)14(3)23(35-30)11-28(42)43/h7,14,18,23,34-36,38,45H,2,6,8-13H2,1,3-5H3,(H,37,44)(H,40,41)(H,42,43). The number of aliphatic carboxylic acids is 2. The monoisotopic (exact) mass is 620 g/mol. The molecule has 1 saturated heterocycles. The molecule has 5 rings (SSSR count). The van der Waals surface area contributed by atoms with Gasteiger partial charge in [-0.1, -0.05) is 26.5 Å². The summed E-state index contributed by atoms with van der Waals surface area (Å²) in [5, 5.41) is 46.7. The second-order valence-electron chi connectivity index (χ2n) is 12.3. The van der Waals surface area contributed by atoms with E-state index in [-0.39, 0.29) is 44.0 Å². The molecule has 0 spiro atoms. The van der Waals surface area contributed by atoms with Crippen LogP contribution in [0.4, 0.5) is 0 Å². The maximum atomic E-state index is 13.3. The number of ketones is 1. The fraction of sp³-hybridized carbons (Fsp3) is 0.455. The highest BCUT2D eigenvalue weighted by Crippen LogP contribution is 2.44. The van der Waals surface area contributed by atoms with Gasteiger partial charge in [0.05, 0.1) is 25.1 Å². The average Bonchev–Trinajstić information content (AvgIpc) is 3.70. The Hall–Kier alpha value is -4.42. The summed E-state index contributed by atoms with van der Waals surface area (Å²) in [4.78, 5) is 55.8. The topological polar surface area (TPSA) is 205 Å². The smallest absolute Gasteiger partial charge is 0.305 e. The number of carbonyl (C=O) groups is 4. The molecule has 4 heterocycles. The van der Waals surface area contributed by atoms with Crippen molar-refractivity contribution in [1.29, 1.82) is 0 Å². The molecule has 4 unspecified atom stereocenters. The maximum absolute atomic E-state index is 13.3. The van der Waals surface area contributed by atoms with Crippen LogP contribution in [0.25, 0.3) is 5.57 Å². The van der Waals surface area contributed by atoms with Crippen LogP contribution >= 0.6 is 0 Å². The number of aliphatic hydroxyl groups is 2. The van der Waals surface area contributed by atoms with E-state index >= 15 is 0 Å². The van der Waals surface area contributed by atoms with Crippen molar-refractivity contribution in [3.63, 3.8) is 0 Å². The Balaban J connectivity index is 1.53. The number of H-pyrrole nitrogens is 2. The molecule has 0 aromatic carbocycles. The number of fused-ring (bicyclic) bond motifs is 1. The second-order valence-corrected chi connectivity index (χ2v) is 12.3. The molecule has 240 valence electrons. The van der Waals surface area contributed by atoms with Crippen molar-refractivity contribution >= 4 is 29.2 Å². The first kappa shape index (κ1) is 32.0. The van der Waals surface area contributed by atoms with Crippen molar-refractivity contribution in [2.45, 2.75) is 84.6 Å². The largest absolute Gasteiger partial charge is 0.481 e. The molecule has 1 fully saturated rings. The summed E-state index contributed by atoms with van der Waals surface area (Å²) in [6, 6.07) is -0.468. The summed E-state index contributed by atoms with van der Waals surface area (Å²) in [6.45, 7) is 10.7. The van der Waals surface area contributed by atoms with Crippen LogP contribution < -0.4 is 10.6 Å². The molecular weight excluding hydrogens is 580 g/mol. The lowest BCUT2D eigenvalue weighted by atomic mass is 9.85. The third-order valence-electron chi connectivity index (χ3n) is 9.77. The van der Waals surface area contributed by atoms with Crippen LogP contribution in [0, 0.1) is 18.8 Å². The minimum atomic E-state index is -1.69. The first-order valence-corrected chi connectivity index (χ1v) is 15.1. The summed E-state index contributed by atoms with van der Waals surface area (Å²) in [6.07, 6.45) is 2.08. The third kappa shape index (κ3) is 5.42. The molecule has 1 aliphatic carbocycles. The van der Waals surface area contributed by atoms with Gasteiger partial charge in [-0.2, -0.15) is 0 Å². The molecule has 3 aliphatic rings. The zero-order valence-corrected chi connectivity index (χ0v) is 25.9. The van der Waals surface area contributed by atoms with Gasteiger partial charge in [0.25, 0.3) is 0 Å². The molecule has 2 aliphatic heterocycles. The summed E-state index contributed by atoms with van der Waals surface area (Å²) in [5.41, 5.74) is 5.83. The molecule has 2 aromatic rings. The molecule has 0 bridgehead atoms. The Labute approximate surface area is 260 Å². The summed E-state index contributed by atoms with van der Waals surface area (Å²) in [5.74, 6) is -3.23. The van der Waals surface area contributed by atoms with Crippen LogP contribution in [0.2, 0.25) is 0 Å². The number of amides is 1. The molecule has 12 nitrogen and oxygen atoms in total. The van der Waals surface area contributed by atoms with Crippen molar-refractivity contribution in [3.05, 3.63) is 74.5 Å². The molecule has 4 atom stereocenters. The zero-order chi connectivity index (χ0) is 33.0. The Kier molecular flexibility index (Phi) is 8.41. The van der Waals surface area contributed by atoms with E-state index in [4.69, 9.17) is 0 Å². The molecule has 2 aromatic heterocycles. The predicted molar refractivity (Wildman–Crippen MR) is 164 cm³/mol. The highest BCUT2D eigenvalue weighted by Gasteiger charge is 2.44. The molecule has 0 radical (unpaired) electrons. The molecule has 45 heavy (non-hydrogen) atoms. The first-order chi connectivity index (χ1) is 21.2. The zero-order valence-electron chi connectivity index (χ0n) is 25.9. The normalized spacial score (nSPS) is 26.0. The average molecular weight is 621 g/mol. The minimum absolute atomic E-state index is 0.0123. The summed E-state index contributed by atoms with van der Waals surface area (Å²) >= 11 is 0. The fourth-order valence-corrected chi connectivity index (χ4v) is 7.45. The van der Waals surface area contributed by atoms with Crippen molar-refractivity contribution in [2.75, 3.05) is 0 Å². The van der Waals surface area contributed by atoms with Crippen LogP contribution in [-0.4, -0.2) is 65.8 Å². The van der Waals surface area contributed by atoms with Crippen LogP contribution in [0.3, 0.4) is 0 Å². The van der Waals surface area contributed by atoms with Gasteiger partial charge in [0.15, 0.2) is 11.5 Å². The Morgan fingerprint density at radius 3 is 2.33 bits per heavy atom. The van der Waals surface area contributed by atoms with Crippen molar-refractivity contribution < 1.29 is 39.6 Å². The molecule has 1 amide bonds. The molecule has 12 heteroatoms. The van der Waals surface area contributed by atoms with Gasteiger partial charge in [-0.15, -0.1) is 0 Å². The van der Waals surface area contributed by atoms with Gasteiger partial charge in [-0.3, -0.25) is 19.2 Å². The third-order valence-corrected chi connectivity index (χ3v) is 9.77. The van der Waals surface area contributed by atoms with Gasteiger partial charge < -0.3 is 41.0 Å². The van der Waals surface area contributed by atoms with E-state index < -0.39 is 35.5 Å². The number of Topliss-reactive ketones (excluding diaryl/α,β-unsaturated/α-hetero) is 1. The number of aliphatic hydroxyl groups excluding tert-OH is 1. The Morgan fingerprint density at radius 1 is 1.04 bits per heavy atom. The minimum Gasteiger partial charge on any atom is -0.481 e. The maximum Gasteiger partial charge on any atom is 0.305 e. The lowest BCUT2D eigenvalue weighted by molar-refractivity contribution is -0.138. The van der Waals surface area contributed by atoms with Crippen LogP contribution in [-0.2, 0) is 40.3 Å². The predicted octanol–water partition coefficient (Wildman–Crippen LogP) is 2.63. The van der Waals surface area contributed by atoms with Crippen LogP contribution in [0.15, 0.2) is 29.5 Å². The number of rotatable bonds is 11. The van der Waals surface area contributed by atoms with Gasteiger partial charge >= 0.3 is 11.9 Å². The quantitative estimate of drug-likeness (QED) is 0.186. The van der Waals surface area contributed by atoms with Gasteiger partial charge in [0, 0.05) is 81.8 Å². The number of hydrogen-bond donors (Lipinski definition) is 8. The van der Waals surface area contributed by atoms with Crippen LogP contribution in [0.5, 0.6) is 0 Å². The Bertz CT molecular complexity index is 1690. The lowest BCUT2D eigenvalue weighted by Crippen LogP contribution is -2.46. The number of nitrogens with one attached hydrogen (secondary N) is 4. The highest BCUT2D eigenvalue weighted by atomic mass is 16.4. The van der Waals surface area contributed by atoms with E-state index in [0.29, 0.717) is 57.8 Å². The van der Waals surface area contributed by atoms with E-state index in [1.165, 1.54) is 6.08 Å². The number of carboxylic acids is 2. The van der Waals surface area contributed by atoms with Gasteiger partial charge in [0.2, 0.25) is 5.91 Å². The van der Waals surface area contributed by atoms with E-state index in [9.17, 15) is 39.6 Å². The van der Waals surface area contributed by atoms with E-state index in [1.54, 1.807) is 6.92 Å². The number of allylic oxidation sites excluding steroid dienone is 2. The molecular formula is C33H40N4O8. The number of carboxylic acid groups (broad SMARTS) is 2. The van der Waals surface area contributed by atoms with Crippen molar-refractivity contribution in [1.82, 2.24) is 20.6 Å². The van der Waals surface area contributed by atoms with Crippen LogP contribution in [0.1, 0.15) is 89.9 Å². The molecule has 8 N–H and O–H groups in total. The molecule has 0 saturated carbocycles. The number of aromatic amines is 2. The van der Waals surface area contributed by atoms with Crippen molar-refractivity contribution in [3.8, 4) is 0 Å². The first-order valence-electron chi connectivity index (χ1n) is 15.1. The number of hydrogen-bond acceptors (Lipinski definition) is 7. The number of aromatic nitrogens is 2. The highest BCUT2D eigenvalue weighted by molar-refractivity contribution is 6.13. The van der Waals surface area contributed by atoms with Gasteiger partial charge in [-0.25, -0.2) is 0 Å². The second kappa shape index (κ2) is 11.8. The van der Waals surface area contributed by atoms with Crippen molar-refractivity contribution in [2.24, 2.45) is 11.8 Å². The van der Waals surface area contributed by atoms with Gasteiger partial charge in [-0.05, 0) is 37.3 Å². The summed E-state index contributed by atoms with van der Waals surface area (Å²) in [7, 11) is 0. The van der Waals surface area contributed by atoms with E-state index in [2.05, 4.69) is 27.2 Å². The fourth-order valence-electron chi connectivity index (χ4n) is 7.45.